The Kier molecular flexibility index (Phi) is 5.39. The van der Waals surface area contributed by atoms with E-state index in [9.17, 15) is 9.59 Å². The van der Waals surface area contributed by atoms with Gasteiger partial charge >= 0.3 is 6.09 Å². The van der Waals surface area contributed by atoms with E-state index >= 15 is 0 Å². The van der Waals surface area contributed by atoms with Gasteiger partial charge in [0.25, 0.3) is 0 Å². The first-order valence-electron chi connectivity index (χ1n) is 7.29. The summed E-state index contributed by atoms with van der Waals surface area (Å²) >= 11 is 0. The van der Waals surface area contributed by atoms with Crippen molar-refractivity contribution >= 4 is 11.9 Å². The van der Waals surface area contributed by atoms with Gasteiger partial charge in [-0.25, -0.2) is 4.79 Å². The molecule has 0 N–H and O–H groups in total. The lowest BCUT2D eigenvalue weighted by molar-refractivity contribution is -0.128. The van der Waals surface area contributed by atoms with Gasteiger partial charge in [-0.3, -0.25) is 4.79 Å². The van der Waals surface area contributed by atoms with Crippen molar-refractivity contribution in [2.24, 2.45) is 11.8 Å². The normalized spacial score (nSPS) is 20.8. The molecule has 4 heteroatoms. The number of hydrogen-bond donors (Lipinski definition) is 0. The minimum Gasteiger partial charge on any atom is -0.444 e. The van der Waals surface area contributed by atoms with Gasteiger partial charge in [-0.05, 0) is 26.7 Å². The summed E-state index contributed by atoms with van der Waals surface area (Å²) in [5.41, 5.74) is -0.483. The standard InChI is InChI=1S/C15H27NO3/c1-6-11(7-2)12-10-16(9-8-13(12)17)14(18)19-15(3,4)5/h11-12H,6-10H2,1-5H3. The lowest BCUT2D eigenvalue weighted by Gasteiger charge is -2.36. The number of nitrogens with zero attached hydrogens (tertiary/aromatic N) is 1. The zero-order valence-corrected chi connectivity index (χ0v) is 12.9. The van der Waals surface area contributed by atoms with Crippen molar-refractivity contribution in [3.05, 3.63) is 0 Å². The molecule has 1 heterocycles. The molecule has 0 bridgehead atoms. The van der Waals surface area contributed by atoms with E-state index < -0.39 is 5.60 Å². The first-order valence-corrected chi connectivity index (χ1v) is 7.29. The first kappa shape index (κ1) is 16.0. The molecule has 0 aliphatic carbocycles. The number of carbonyl (C=O) groups is 2. The SMILES string of the molecule is CCC(CC)C1CN(C(=O)OC(C)(C)C)CCC1=O. The summed E-state index contributed by atoms with van der Waals surface area (Å²) in [5.74, 6) is 0.655. The highest BCUT2D eigenvalue weighted by atomic mass is 16.6. The maximum atomic E-state index is 12.1. The number of ether oxygens (including phenoxy) is 1. The van der Waals surface area contributed by atoms with Gasteiger partial charge in [0.15, 0.2) is 0 Å². The summed E-state index contributed by atoms with van der Waals surface area (Å²) < 4.78 is 5.38. The maximum Gasteiger partial charge on any atom is 0.410 e. The van der Waals surface area contributed by atoms with Crippen LogP contribution in [0.3, 0.4) is 0 Å². The van der Waals surface area contributed by atoms with Crippen LogP contribution in [0.1, 0.15) is 53.9 Å². The zero-order valence-electron chi connectivity index (χ0n) is 12.9. The summed E-state index contributed by atoms with van der Waals surface area (Å²) in [4.78, 5) is 25.8. The average molecular weight is 269 g/mol. The first-order chi connectivity index (χ1) is 8.78. The zero-order chi connectivity index (χ0) is 14.6. The summed E-state index contributed by atoms with van der Waals surface area (Å²) in [7, 11) is 0. The molecular formula is C15H27NO3. The molecule has 1 aliphatic heterocycles. The smallest absolute Gasteiger partial charge is 0.410 e. The third kappa shape index (κ3) is 4.51. The number of rotatable bonds is 3. The van der Waals surface area contributed by atoms with Crippen LogP contribution in [-0.2, 0) is 9.53 Å². The van der Waals surface area contributed by atoms with E-state index in [0.717, 1.165) is 12.8 Å². The molecule has 1 atom stereocenters. The molecule has 19 heavy (non-hydrogen) atoms. The summed E-state index contributed by atoms with van der Waals surface area (Å²) in [5, 5.41) is 0. The van der Waals surface area contributed by atoms with E-state index in [0.29, 0.717) is 31.2 Å². The molecule has 0 radical (unpaired) electrons. The van der Waals surface area contributed by atoms with Crippen LogP contribution in [0.25, 0.3) is 0 Å². The van der Waals surface area contributed by atoms with Gasteiger partial charge in [0.05, 0.1) is 0 Å². The highest BCUT2D eigenvalue weighted by Crippen LogP contribution is 2.27. The number of ketones is 1. The molecule has 1 saturated heterocycles. The van der Waals surface area contributed by atoms with E-state index in [1.165, 1.54) is 0 Å². The van der Waals surface area contributed by atoms with Gasteiger partial charge in [0.1, 0.15) is 11.4 Å². The average Bonchev–Trinajstić information content (AvgIpc) is 2.30. The number of carbonyl (C=O) groups excluding carboxylic acids is 2. The van der Waals surface area contributed by atoms with E-state index in [1.807, 2.05) is 20.8 Å². The predicted octanol–water partition coefficient (Wildman–Crippen LogP) is 3.25. The molecule has 1 fully saturated rings. The van der Waals surface area contributed by atoms with Gasteiger partial charge in [0.2, 0.25) is 0 Å². The fraction of sp³-hybridized carbons (Fsp3) is 0.867. The van der Waals surface area contributed by atoms with Crippen molar-refractivity contribution in [2.45, 2.75) is 59.5 Å². The number of Topliss-reactive ketones (excluding diaryl/α,β-unsaturated/α-hetero) is 1. The van der Waals surface area contributed by atoms with Crippen LogP contribution in [0, 0.1) is 11.8 Å². The van der Waals surface area contributed by atoms with E-state index in [1.54, 1.807) is 4.90 Å². The Morgan fingerprint density at radius 3 is 2.42 bits per heavy atom. The minimum atomic E-state index is -0.483. The number of amides is 1. The number of piperidine rings is 1. The molecule has 0 saturated carbocycles. The predicted molar refractivity (Wildman–Crippen MR) is 75.0 cm³/mol. The second-order valence-electron chi connectivity index (χ2n) is 6.33. The Morgan fingerprint density at radius 2 is 1.95 bits per heavy atom. The topological polar surface area (TPSA) is 46.6 Å². The molecule has 0 aromatic heterocycles. The highest BCUT2D eigenvalue weighted by molar-refractivity contribution is 5.84. The van der Waals surface area contributed by atoms with Crippen LogP contribution in [0.5, 0.6) is 0 Å². The van der Waals surface area contributed by atoms with Crippen molar-refractivity contribution in [1.29, 1.82) is 0 Å². The van der Waals surface area contributed by atoms with Crippen molar-refractivity contribution in [1.82, 2.24) is 4.90 Å². The van der Waals surface area contributed by atoms with Crippen molar-refractivity contribution in [3.8, 4) is 0 Å². The Bertz CT molecular complexity index is 329. The van der Waals surface area contributed by atoms with Gasteiger partial charge in [-0.15, -0.1) is 0 Å². The van der Waals surface area contributed by atoms with Gasteiger partial charge in [-0.2, -0.15) is 0 Å². The molecule has 1 amide bonds. The molecule has 1 aliphatic rings. The number of hydrogen-bond acceptors (Lipinski definition) is 3. The lowest BCUT2D eigenvalue weighted by atomic mass is 9.81. The molecule has 0 aromatic rings. The molecule has 110 valence electrons. The van der Waals surface area contributed by atoms with Gasteiger partial charge in [0, 0.05) is 25.4 Å². The Labute approximate surface area is 116 Å². The fourth-order valence-corrected chi connectivity index (χ4v) is 2.62. The van der Waals surface area contributed by atoms with Crippen LogP contribution in [0.4, 0.5) is 4.79 Å². The third-order valence-corrected chi connectivity index (χ3v) is 3.73. The maximum absolute atomic E-state index is 12.1. The van der Waals surface area contributed by atoms with Crippen molar-refractivity contribution in [3.63, 3.8) is 0 Å². The van der Waals surface area contributed by atoms with Crippen molar-refractivity contribution < 1.29 is 14.3 Å². The lowest BCUT2D eigenvalue weighted by Crippen LogP contribution is -2.48. The second kappa shape index (κ2) is 6.40. The van der Waals surface area contributed by atoms with Crippen molar-refractivity contribution in [2.75, 3.05) is 13.1 Å². The third-order valence-electron chi connectivity index (χ3n) is 3.73. The van der Waals surface area contributed by atoms with Gasteiger partial charge < -0.3 is 9.64 Å². The fourth-order valence-electron chi connectivity index (χ4n) is 2.62. The molecular weight excluding hydrogens is 242 g/mol. The highest BCUT2D eigenvalue weighted by Gasteiger charge is 2.35. The molecule has 1 rings (SSSR count). The van der Waals surface area contributed by atoms with E-state index in [-0.39, 0.29) is 12.0 Å². The molecule has 4 nitrogen and oxygen atoms in total. The van der Waals surface area contributed by atoms with E-state index in [4.69, 9.17) is 4.74 Å². The summed E-state index contributed by atoms with van der Waals surface area (Å²) in [6, 6.07) is 0. The van der Waals surface area contributed by atoms with Gasteiger partial charge in [-0.1, -0.05) is 26.7 Å². The summed E-state index contributed by atoms with van der Waals surface area (Å²) in [6.45, 7) is 10.8. The largest absolute Gasteiger partial charge is 0.444 e. The minimum absolute atomic E-state index is 0.0173. The van der Waals surface area contributed by atoms with Crippen LogP contribution in [0.15, 0.2) is 0 Å². The second-order valence-corrected chi connectivity index (χ2v) is 6.33. The monoisotopic (exact) mass is 269 g/mol. The Hall–Kier alpha value is -1.06. The molecule has 1 unspecified atom stereocenters. The quantitative estimate of drug-likeness (QED) is 0.790. The van der Waals surface area contributed by atoms with Crippen LogP contribution in [-0.4, -0.2) is 35.5 Å². The Morgan fingerprint density at radius 1 is 1.37 bits per heavy atom. The van der Waals surface area contributed by atoms with Crippen LogP contribution in [0.2, 0.25) is 0 Å². The number of likely N-dealkylation sites (tertiary alicyclic amines) is 1. The summed E-state index contributed by atoms with van der Waals surface area (Å²) in [6.07, 6.45) is 2.13. The molecule has 0 aromatic carbocycles. The van der Waals surface area contributed by atoms with E-state index in [2.05, 4.69) is 13.8 Å². The Balaban J connectivity index is 2.69. The van der Waals surface area contributed by atoms with Crippen LogP contribution < -0.4 is 0 Å². The molecule has 0 spiro atoms. The van der Waals surface area contributed by atoms with Crippen LogP contribution >= 0.6 is 0 Å².